The molecule has 0 aliphatic carbocycles. The standard InChI is InChI=1S/C21H24ClNO3S/c1-21(2)11-18(16-10-15(25-3)8-9-19(16)26-21)23-20(24)13-27-12-14-6-4-5-7-17(14)22/h4-10,18H,11-13H2,1-3H3,(H,23,24)/t18-/m0/s1. The molecule has 1 aliphatic rings. The van der Waals surface area contributed by atoms with Crippen LogP contribution in [0.5, 0.6) is 11.5 Å². The lowest BCUT2D eigenvalue weighted by Crippen LogP contribution is -2.41. The second-order valence-electron chi connectivity index (χ2n) is 7.17. The van der Waals surface area contributed by atoms with Gasteiger partial charge in [0.15, 0.2) is 0 Å². The van der Waals surface area contributed by atoms with Gasteiger partial charge in [0.05, 0.1) is 18.9 Å². The number of methoxy groups -OCH3 is 1. The fraction of sp³-hybridized carbons (Fsp3) is 0.381. The van der Waals surface area contributed by atoms with Gasteiger partial charge in [0, 0.05) is 22.8 Å². The number of carbonyl (C=O) groups excluding carboxylic acids is 1. The maximum absolute atomic E-state index is 12.5. The molecule has 0 radical (unpaired) electrons. The van der Waals surface area contributed by atoms with E-state index in [4.69, 9.17) is 21.1 Å². The van der Waals surface area contributed by atoms with Gasteiger partial charge in [-0.05, 0) is 43.7 Å². The van der Waals surface area contributed by atoms with Gasteiger partial charge in [0.2, 0.25) is 5.91 Å². The van der Waals surface area contributed by atoms with Crippen LogP contribution in [-0.2, 0) is 10.5 Å². The number of carbonyl (C=O) groups is 1. The summed E-state index contributed by atoms with van der Waals surface area (Å²) in [6, 6.07) is 13.3. The van der Waals surface area contributed by atoms with Gasteiger partial charge in [-0.15, -0.1) is 11.8 Å². The van der Waals surface area contributed by atoms with Crippen molar-refractivity contribution in [2.45, 2.75) is 37.7 Å². The summed E-state index contributed by atoms with van der Waals surface area (Å²) < 4.78 is 11.4. The molecular weight excluding hydrogens is 382 g/mol. The van der Waals surface area contributed by atoms with Crippen molar-refractivity contribution < 1.29 is 14.3 Å². The molecule has 0 aromatic heterocycles. The lowest BCUT2D eigenvalue weighted by atomic mass is 9.89. The van der Waals surface area contributed by atoms with Crippen LogP contribution in [0.25, 0.3) is 0 Å². The number of ether oxygens (including phenoxy) is 2. The minimum absolute atomic E-state index is 0.00326. The number of fused-ring (bicyclic) bond motifs is 1. The molecule has 3 rings (SSSR count). The highest BCUT2D eigenvalue weighted by molar-refractivity contribution is 7.99. The van der Waals surface area contributed by atoms with Crippen molar-refractivity contribution in [1.82, 2.24) is 5.32 Å². The van der Waals surface area contributed by atoms with Crippen molar-refractivity contribution in [2.75, 3.05) is 12.9 Å². The highest BCUT2D eigenvalue weighted by Gasteiger charge is 2.34. The van der Waals surface area contributed by atoms with E-state index in [1.165, 1.54) is 0 Å². The lowest BCUT2D eigenvalue weighted by Gasteiger charge is -2.38. The second kappa shape index (κ2) is 8.44. The van der Waals surface area contributed by atoms with E-state index in [0.717, 1.165) is 27.6 Å². The first-order valence-corrected chi connectivity index (χ1v) is 10.4. The Kier molecular flexibility index (Phi) is 6.22. The highest BCUT2D eigenvalue weighted by Crippen LogP contribution is 2.41. The van der Waals surface area contributed by atoms with Gasteiger partial charge in [0.1, 0.15) is 17.1 Å². The molecule has 0 saturated carbocycles. The molecule has 0 bridgehead atoms. The Morgan fingerprint density at radius 3 is 2.85 bits per heavy atom. The largest absolute Gasteiger partial charge is 0.497 e. The van der Waals surface area contributed by atoms with Crippen molar-refractivity contribution in [3.8, 4) is 11.5 Å². The zero-order valence-electron chi connectivity index (χ0n) is 15.8. The normalized spacial score (nSPS) is 17.6. The summed E-state index contributed by atoms with van der Waals surface area (Å²) in [4.78, 5) is 12.5. The highest BCUT2D eigenvalue weighted by atomic mass is 35.5. The first kappa shape index (κ1) is 19.9. The summed E-state index contributed by atoms with van der Waals surface area (Å²) in [6.45, 7) is 4.07. The minimum Gasteiger partial charge on any atom is -0.497 e. The second-order valence-corrected chi connectivity index (χ2v) is 8.57. The van der Waals surface area contributed by atoms with Crippen LogP contribution in [-0.4, -0.2) is 24.4 Å². The van der Waals surface area contributed by atoms with Gasteiger partial charge < -0.3 is 14.8 Å². The molecule has 1 aliphatic heterocycles. The molecule has 2 aromatic carbocycles. The van der Waals surface area contributed by atoms with E-state index < -0.39 is 0 Å². The average molecular weight is 406 g/mol. The topological polar surface area (TPSA) is 47.6 Å². The summed E-state index contributed by atoms with van der Waals surface area (Å²) in [6.07, 6.45) is 0.702. The molecule has 1 amide bonds. The maximum atomic E-state index is 12.5. The van der Waals surface area contributed by atoms with E-state index in [1.807, 2.05) is 56.3 Å². The number of benzene rings is 2. The molecule has 4 nitrogen and oxygen atoms in total. The van der Waals surface area contributed by atoms with E-state index in [9.17, 15) is 4.79 Å². The summed E-state index contributed by atoms with van der Waals surface area (Å²) in [7, 11) is 1.63. The monoisotopic (exact) mass is 405 g/mol. The van der Waals surface area contributed by atoms with E-state index in [2.05, 4.69) is 5.32 Å². The Morgan fingerprint density at radius 2 is 2.11 bits per heavy atom. The molecule has 27 heavy (non-hydrogen) atoms. The van der Waals surface area contributed by atoms with Crippen LogP contribution in [0.4, 0.5) is 0 Å². The molecule has 0 fully saturated rings. The maximum Gasteiger partial charge on any atom is 0.230 e. The van der Waals surface area contributed by atoms with Crippen molar-refractivity contribution in [3.05, 3.63) is 58.6 Å². The zero-order chi connectivity index (χ0) is 19.4. The van der Waals surface area contributed by atoms with Gasteiger partial charge >= 0.3 is 0 Å². The van der Waals surface area contributed by atoms with Crippen LogP contribution in [0.2, 0.25) is 5.02 Å². The van der Waals surface area contributed by atoms with Crippen LogP contribution < -0.4 is 14.8 Å². The molecule has 1 atom stereocenters. The van der Waals surface area contributed by atoms with Crippen LogP contribution in [0.3, 0.4) is 0 Å². The van der Waals surface area contributed by atoms with Crippen LogP contribution in [0.1, 0.15) is 37.4 Å². The van der Waals surface area contributed by atoms with Crippen molar-refractivity contribution >= 4 is 29.3 Å². The van der Waals surface area contributed by atoms with E-state index >= 15 is 0 Å². The summed E-state index contributed by atoms with van der Waals surface area (Å²) in [5, 5.41) is 3.89. The van der Waals surface area contributed by atoms with Gasteiger partial charge in [0.25, 0.3) is 0 Å². The Labute approximate surface area is 169 Å². The SMILES string of the molecule is COc1ccc2c(c1)[C@@H](NC(=O)CSCc1ccccc1Cl)CC(C)(C)O2. The predicted octanol–water partition coefficient (Wildman–Crippen LogP) is 5.00. The Hall–Kier alpha value is -1.85. The van der Waals surface area contributed by atoms with Gasteiger partial charge in [-0.25, -0.2) is 0 Å². The number of rotatable bonds is 6. The number of amides is 1. The zero-order valence-corrected chi connectivity index (χ0v) is 17.3. The molecular formula is C21H24ClNO3S. The third kappa shape index (κ3) is 5.11. The van der Waals surface area contributed by atoms with E-state index in [1.54, 1.807) is 18.9 Å². The van der Waals surface area contributed by atoms with Crippen molar-refractivity contribution in [3.63, 3.8) is 0 Å². The lowest BCUT2D eigenvalue weighted by molar-refractivity contribution is -0.119. The average Bonchev–Trinajstić information content (AvgIpc) is 2.62. The van der Waals surface area contributed by atoms with Gasteiger partial charge in [-0.1, -0.05) is 29.8 Å². The number of hydrogen-bond acceptors (Lipinski definition) is 4. The molecule has 0 saturated heterocycles. The van der Waals surface area contributed by atoms with Gasteiger partial charge in [-0.2, -0.15) is 0 Å². The number of halogens is 1. The molecule has 6 heteroatoms. The Morgan fingerprint density at radius 1 is 1.33 bits per heavy atom. The molecule has 144 valence electrons. The first-order chi connectivity index (χ1) is 12.9. The summed E-state index contributed by atoms with van der Waals surface area (Å²) in [5.41, 5.74) is 1.65. The number of hydrogen-bond donors (Lipinski definition) is 1. The summed E-state index contributed by atoms with van der Waals surface area (Å²) in [5.74, 6) is 2.63. The van der Waals surface area contributed by atoms with Crippen LogP contribution in [0, 0.1) is 0 Å². The van der Waals surface area contributed by atoms with Gasteiger partial charge in [-0.3, -0.25) is 4.79 Å². The van der Waals surface area contributed by atoms with Crippen LogP contribution >= 0.6 is 23.4 Å². The predicted molar refractivity (Wildman–Crippen MR) is 111 cm³/mol. The fourth-order valence-electron chi connectivity index (χ4n) is 3.19. The third-order valence-corrected chi connectivity index (χ3v) is 5.81. The number of nitrogens with one attached hydrogen (secondary N) is 1. The van der Waals surface area contributed by atoms with E-state index in [0.29, 0.717) is 17.9 Å². The third-order valence-electron chi connectivity index (χ3n) is 4.46. The molecule has 1 N–H and O–H groups in total. The summed E-state index contributed by atoms with van der Waals surface area (Å²) >= 11 is 7.73. The number of thioether (sulfide) groups is 1. The Balaban J connectivity index is 1.64. The first-order valence-electron chi connectivity index (χ1n) is 8.85. The van der Waals surface area contributed by atoms with Crippen molar-refractivity contribution in [1.29, 1.82) is 0 Å². The fourth-order valence-corrected chi connectivity index (χ4v) is 4.32. The molecule has 0 unspecified atom stereocenters. The van der Waals surface area contributed by atoms with E-state index in [-0.39, 0.29) is 17.6 Å². The minimum atomic E-state index is -0.343. The smallest absolute Gasteiger partial charge is 0.230 e. The quantitative estimate of drug-likeness (QED) is 0.734. The van der Waals surface area contributed by atoms with Crippen LogP contribution in [0.15, 0.2) is 42.5 Å². The van der Waals surface area contributed by atoms with Crippen molar-refractivity contribution in [2.24, 2.45) is 0 Å². The molecule has 0 spiro atoms. The molecule has 2 aromatic rings. The molecule has 1 heterocycles. The Bertz CT molecular complexity index is 825.